The molecule has 0 radical (unpaired) electrons. The van der Waals surface area contributed by atoms with Gasteiger partial charge in [0.25, 0.3) is 0 Å². The van der Waals surface area contributed by atoms with Crippen molar-refractivity contribution in [1.29, 1.82) is 0 Å². The summed E-state index contributed by atoms with van der Waals surface area (Å²) in [5, 5.41) is 0. The molecule has 194 valence electrons. The molecule has 1 heterocycles. The van der Waals surface area contributed by atoms with Crippen LogP contribution < -0.4 is 0 Å². The van der Waals surface area contributed by atoms with Crippen molar-refractivity contribution < 1.29 is 0 Å². The van der Waals surface area contributed by atoms with Gasteiger partial charge in [0.15, 0.2) is 5.82 Å². The molecule has 4 aromatic carbocycles. The monoisotopic (exact) mass is 508 g/mol. The number of allylic oxidation sites excluding steroid dienone is 3. The van der Waals surface area contributed by atoms with Crippen LogP contribution in [0.25, 0.3) is 44.9 Å². The molecule has 0 spiro atoms. The Balaban J connectivity index is 0.000000648. The number of rotatable bonds is 7. The number of aromatic nitrogens is 2. The molecule has 0 aliphatic carbocycles. The van der Waals surface area contributed by atoms with Gasteiger partial charge in [0.1, 0.15) is 0 Å². The lowest BCUT2D eigenvalue weighted by molar-refractivity contribution is 1.01. The quantitative estimate of drug-likeness (QED) is 0.204. The number of hydrogen-bond acceptors (Lipinski definition) is 2. The van der Waals surface area contributed by atoms with E-state index in [9.17, 15) is 0 Å². The van der Waals surface area contributed by atoms with E-state index < -0.39 is 0 Å². The zero-order valence-corrected chi connectivity index (χ0v) is 23.1. The van der Waals surface area contributed by atoms with E-state index in [2.05, 4.69) is 124 Å². The SMILES string of the molecule is C=C/C=C\C.CCc1cc(-c2cccc(-c3ccccc3)c2)cc(-c2nc(CC)cc(-c3ccccc3)n2)c1. The van der Waals surface area contributed by atoms with E-state index in [0.29, 0.717) is 0 Å². The summed E-state index contributed by atoms with van der Waals surface area (Å²) in [5.74, 6) is 0.786. The van der Waals surface area contributed by atoms with E-state index in [-0.39, 0.29) is 0 Å². The van der Waals surface area contributed by atoms with Gasteiger partial charge in [-0.2, -0.15) is 0 Å². The van der Waals surface area contributed by atoms with Gasteiger partial charge in [-0.15, -0.1) is 0 Å². The Labute approximate surface area is 233 Å². The van der Waals surface area contributed by atoms with Gasteiger partial charge in [-0.1, -0.05) is 124 Å². The van der Waals surface area contributed by atoms with Crippen LogP contribution in [0.15, 0.2) is 134 Å². The van der Waals surface area contributed by atoms with Crippen LogP contribution in [0.2, 0.25) is 0 Å². The Morgan fingerprint density at radius 2 is 1.18 bits per heavy atom. The first-order valence-corrected chi connectivity index (χ1v) is 13.6. The summed E-state index contributed by atoms with van der Waals surface area (Å²) in [7, 11) is 0. The molecule has 0 saturated carbocycles. The summed E-state index contributed by atoms with van der Waals surface area (Å²) in [5.41, 5.74) is 10.3. The first-order valence-electron chi connectivity index (χ1n) is 13.6. The fraction of sp³-hybridized carbons (Fsp3) is 0.135. The molecular formula is C37H36N2. The van der Waals surface area contributed by atoms with Crippen LogP contribution in [0.4, 0.5) is 0 Å². The lowest BCUT2D eigenvalue weighted by atomic mass is 9.95. The van der Waals surface area contributed by atoms with Crippen molar-refractivity contribution in [3.05, 3.63) is 145 Å². The van der Waals surface area contributed by atoms with Crippen LogP contribution in [-0.4, -0.2) is 9.97 Å². The fourth-order valence-corrected chi connectivity index (χ4v) is 4.40. The third-order valence-corrected chi connectivity index (χ3v) is 6.50. The van der Waals surface area contributed by atoms with Crippen LogP contribution in [0.3, 0.4) is 0 Å². The molecule has 0 amide bonds. The Hall–Kier alpha value is -4.56. The Bertz CT molecular complexity index is 1530. The summed E-state index contributed by atoms with van der Waals surface area (Å²) >= 11 is 0. The van der Waals surface area contributed by atoms with Crippen LogP contribution in [0.5, 0.6) is 0 Å². The normalized spacial score (nSPS) is 10.6. The van der Waals surface area contributed by atoms with Crippen LogP contribution in [0, 0.1) is 0 Å². The third-order valence-electron chi connectivity index (χ3n) is 6.50. The predicted molar refractivity (Wildman–Crippen MR) is 168 cm³/mol. The van der Waals surface area contributed by atoms with E-state index in [0.717, 1.165) is 41.2 Å². The van der Waals surface area contributed by atoms with Crippen molar-refractivity contribution >= 4 is 0 Å². The second-order valence-electron chi connectivity index (χ2n) is 9.27. The molecule has 0 atom stereocenters. The number of hydrogen-bond donors (Lipinski definition) is 0. The highest BCUT2D eigenvalue weighted by Crippen LogP contribution is 2.31. The maximum absolute atomic E-state index is 4.99. The van der Waals surface area contributed by atoms with Gasteiger partial charge in [0.2, 0.25) is 0 Å². The molecule has 0 aliphatic heterocycles. The highest BCUT2D eigenvalue weighted by atomic mass is 14.9. The topological polar surface area (TPSA) is 25.8 Å². The summed E-state index contributed by atoms with van der Waals surface area (Å²) in [6.07, 6.45) is 7.40. The number of benzene rings is 4. The van der Waals surface area contributed by atoms with Gasteiger partial charge in [0.05, 0.1) is 5.69 Å². The first-order chi connectivity index (χ1) is 19.1. The maximum atomic E-state index is 4.99. The highest BCUT2D eigenvalue weighted by molar-refractivity contribution is 5.77. The minimum Gasteiger partial charge on any atom is -0.233 e. The highest BCUT2D eigenvalue weighted by Gasteiger charge is 2.11. The van der Waals surface area contributed by atoms with Crippen molar-refractivity contribution in [2.45, 2.75) is 33.6 Å². The molecule has 0 fully saturated rings. The zero-order chi connectivity index (χ0) is 27.5. The van der Waals surface area contributed by atoms with Gasteiger partial charge in [-0.25, -0.2) is 9.97 Å². The van der Waals surface area contributed by atoms with E-state index in [1.165, 1.54) is 27.8 Å². The third kappa shape index (κ3) is 7.27. The molecule has 39 heavy (non-hydrogen) atoms. The molecule has 0 unspecified atom stereocenters. The van der Waals surface area contributed by atoms with Crippen LogP contribution in [-0.2, 0) is 12.8 Å². The van der Waals surface area contributed by atoms with Crippen LogP contribution >= 0.6 is 0 Å². The van der Waals surface area contributed by atoms with E-state index in [1.807, 2.05) is 25.1 Å². The smallest absolute Gasteiger partial charge is 0.160 e. The molecule has 5 aromatic rings. The molecule has 2 heteroatoms. The Kier molecular flexibility index (Phi) is 9.74. The Morgan fingerprint density at radius 3 is 1.77 bits per heavy atom. The van der Waals surface area contributed by atoms with Gasteiger partial charge in [-0.3, -0.25) is 0 Å². The predicted octanol–water partition coefficient (Wildman–Crippen LogP) is 10.0. The summed E-state index contributed by atoms with van der Waals surface area (Å²) in [6, 6.07) is 38.5. The molecular weight excluding hydrogens is 472 g/mol. The molecule has 0 aliphatic rings. The van der Waals surface area contributed by atoms with Gasteiger partial charge in [-0.05, 0) is 71.8 Å². The van der Waals surface area contributed by atoms with Crippen molar-refractivity contribution in [3.8, 4) is 44.9 Å². The fourth-order valence-electron chi connectivity index (χ4n) is 4.40. The van der Waals surface area contributed by atoms with E-state index in [4.69, 9.17) is 9.97 Å². The number of nitrogens with zero attached hydrogens (tertiary/aromatic N) is 2. The average Bonchev–Trinajstić information content (AvgIpc) is 3.02. The first kappa shape index (κ1) is 27.5. The molecule has 2 nitrogen and oxygen atoms in total. The second-order valence-corrected chi connectivity index (χ2v) is 9.27. The number of aryl methyl sites for hydroxylation is 2. The molecule has 1 aromatic heterocycles. The molecule has 5 rings (SSSR count). The minimum atomic E-state index is 0.786. The van der Waals surface area contributed by atoms with Gasteiger partial charge < -0.3 is 0 Å². The standard InChI is InChI=1S/C32H28N2.C5H8/c1-3-23-18-28(27-17-11-16-26(20-27)24-12-7-5-8-13-24)21-29(19-23)32-33-30(4-2)22-31(34-32)25-14-9-6-10-15-25;1-3-5-4-2/h5-22H,3-4H2,1-2H3;3-5H,1H2,2H3/b;5-4-. The largest absolute Gasteiger partial charge is 0.233 e. The lowest BCUT2D eigenvalue weighted by Gasteiger charge is -2.12. The minimum absolute atomic E-state index is 0.786. The van der Waals surface area contributed by atoms with Crippen molar-refractivity contribution in [2.24, 2.45) is 0 Å². The average molecular weight is 509 g/mol. The van der Waals surface area contributed by atoms with Crippen molar-refractivity contribution in [1.82, 2.24) is 9.97 Å². The lowest BCUT2D eigenvalue weighted by Crippen LogP contribution is -1.98. The molecule has 0 bridgehead atoms. The second kappa shape index (κ2) is 13.8. The summed E-state index contributed by atoms with van der Waals surface area (Å²) in [4.78, 5) is 9.90. The van der Waals surface area contributed by atoms with E-state index >= 15 is 0 Å². The summed E-state index contributed by atoms with van der Waals surface area (Å²) < 4.78 is 0. The Morgan fingerprint density at radius 1 is 0.590 bits per heavy atom. The molecule has 0 saturated heterocycles. The van der Waals surface area contributed by atoms with Gasteiger partial charge >= 0.3 is 0 Å². The van der Waals surface area contributed by atoms with Crippen LogP contribution in [0.1, 0.15) is 32.0 Å². The maximum Gasteiger partial charge on any atom is 0.160 e. The zero-order valence-electron chi connectivity index (χ0n) is 23.1. The molecule has 0 N–H and O–H groups in total. The van der Waals surface area contributed by atoms with Crippen molar-refractivity contribution in [2.75, 3.05) is 0 Å². The van der Waals surface area contributed by atoms with Gasteiger partial charge in [0, 0.05) is 16.8 Å². The van der Waals surface area contributed by atoms with Crippen molar-refractivity contribution in [3.63, 3.8) is 0 Å². The van der Waals surface area contributed by atoms with E-state index in [1.54, 1.807) is 6.08 Å². The summed E-state index contributed by atoms with van der Waals surface area (Å²) in [6.45, 7) is 9.76.